The quantitative estimate of drug-likeness (QED) is 0.908. The van der Waals surface area contributed by atoms with Crippen LogP contribution < -0.4 is 5.32 Å². The number of carbonyl (C=O) groups is 1. The van der Waals surface area contributed by atoms with Crippen LogP contribution in [0.2, 0.25) is 5.02 Å². The van der Waals surface area contributed by atoms with E-state index in [0.717, 1.165) is 0 Å². The smallest absolute Gasteiger partial charge is 0.250 e. The predicted octanol–water partition coefficient (Wildman–Crippen LogP) is 2.13. The number of hydrogen-bond donors (Lipinski definition) is 1. The molecule has 88 valence electrons. The van der Waals surface area contributed by atoms with Crippen molar-refractivity contribution in [1.29, 1.82) is 0 Å². The second-order valence-corrected chi connectivity index (χ2v) is 3.95. The first-order chi connectivity index (χ1) is 8.16. The molecule has 0 aliphatic carbocycles. The molecule has 17 heavy (non-hydrogen) atoms. The summed E-state index contributed by atoms with van der Waals surface area (Å²) in [4.78, 5) is 15.8. The second-order valence-electron chi connectivity index (χ2n) is 3.51. The van der Waals surface area contributed by atoms with Gasteiger partial charge in [0, 0.05) is 18.6 Å². The summed E-state index contributed by atoms with van der Waals surface area (Å²) >= 11 is 5.70. The lowest BCUT2D eigenvalue weighted by Crippen LogP contribution is -2.24. The van der Waals surface area contributed by atoms with Crippen LogP contribution in [0.1, 0.15) is 13.0 Å². The van der Waals surface area contributed by atoms with E-state index in [0.29, 0.717) is 10.8 Å². The lowest BCUT2D eigenvalue weighted by molar-refractivity contribution is -0.119. The van der Waals surface area contributed by atoms with Crippen LogP contribution in [0, 0.1) is 0 Å². The third-order valence-electron chi connectivity index (χ3n) is 2.28. The summed E-state index contributed by atoms with van der Waals surface area (Å²) < 4.78 is 1.57. The molecule has 2 rings (SSSR count). The summed E-state index contributed by atoms with van der Waals surface area (Å²) in [6.45, 7) is 1.76. The third-order valence-corrected chi connectivity index (χ3v) is 2.50. The molecular formula is C11H11ClN4O. The van der Waals surface area contributed by atoms with Crippen molar-refractivity contribution < 1.29 is 4.79 Å². The average Bonchev–Trinajstić information content (AvgIpc) is 2.84. The molecule has 5 nitrogen and oxygen atoms in total. The highest BCUT2D eigenvalue weighted by Crippen LogP contribution is 2.12. The van der Waals surface area contributed by atoms with Crippen molar-refractivity contribution in [3.05, 3.63) is 41.8 Å². The molecule has 2 heterocycles. The van der Waals surface area contributed by atoms with E-state index in [1.807, 2.05) is 0 Å². The normalized spacial score (nSPS) is 12.1. The van der Waals surface area contributed by atoms with Crippen molar-refractivity contribution in [3.63, 3.8) is 0 Å². The van der Waals surface area contributed by atoms with Gasteiger partial charge in [0.1, 0.15) is 11.9 Å². The van der Waals surface area contributed by atoms with Crippen molar-refractivity contribution in [2.75, 3.05) is 5.32 Å². The van der Waals surface area contributed by atoms with E-state index >= 15 is 0 Å². The standard InChI is InChI=1S/C11H11ClN4O/c1-8(16-6-2-5-14-16)11(17)15-10-4-3-9(12)7-13-10/h2-8H,1H3,(H,13,15,17)/t8-/m1/s1. The van der Waals surface area contributed by atoms with Gasteiger partial charge in [-0.3, -0.25) is 9.48 Å². The van der Waals surface area contributed by atoms with Crippen LogP contribution in [0.4, 0.5) is 5.82 Å². The van der Waals surface area contributed by atoms with E-state index in [-0.39, 0.29) is 11.9 Å². The molecule has 2 aromatic heterocycles. The Morgan fingerprint density at radius 2 is 2.35 bits per heavy atom. The van der Waals surface area contributed by atoms with Crippen molar-refractivity contribution in [3.8, 4) is 0 Å². The Morgan fingerprint density at radius 3 is 2.94 bits per heavy atom. The van der Waals surface area contributed by atoms with Gasteiger partial charge in [-0.2, -0.15) is 5.10 Å². The number of anilines is 1. The molecule has 0 spiro atoms. The monoisotopic (exact) mass is 250 g/mol. The van der Waals surface area contributed by atoms with Crippen LogP contribution in [0.15, 0.2) is 36.8 Å². The van der Waals surface area contributed by atoms with Gasteiger partial charge in [0.25, 0.3) is 0 Å². The maximum Gasteiger partial charge on any atom is 0.250 e. The number of pyridine rings is 1. The average molecular weight is 251 g/mol. The zero-order chi connectivity index (χ0) is 12.3. The van der Waals surface area contributed by atoms with Crippen LogP contribution in [0.5, 0.6) is 0 Å². The topological polar surface area (TPSA) is 59.8 Å². The van der Waals surface area contributed by atoms with Crippen molar-refractivity contribution >= 4 is 23.3 Å². The van der Waals surface area contributed by atoms with E-state index in [2.05, 4.69) is 15.4 Å². The molecule has 2 aromatic rings. The lowest BCUT2D eigenvalue weighted by atomic mass is 10.3. The first-order valence-electron chi connectivity index (χ1n) is 5.08. The lowest BCUT2D eigenvalue weighted by Gasteiger charge is -2.11. The van der Waals surface area contributed by atoms with Gasteiger partial charge in [-0.05, 0) is 25.1 Å². The molecule has 0 aromatic carbocycles. The minimum Gasteiger partial charge on any atom is -0.309 e. The highest BCUT2D eigenvalue weighted by molar-refractivity contribution is 6.30. The van der Waals surface area contributed by atoms with Gasteiger partial charge in [0.15, 0.2) is 0 Å². The Labute approximate surface area is 103 Å². The van der Waals surface area contributed by atoms with Gasteiger partial charge in [0.05, 0.1) is 5.02 Å². The van der Waals surface area contributed by atoms with Crippen LogP contribution in [0.3, 0.4) is 0 Å². The summed E-state index contributed by atoms with van der Waals surface area (Å²) in [7, 11) is 0. The molecule has 1 N–H and O–H groups in total. The number of aromatic nitrogens is 3. The fraction of sp³-hybridized carbons (Fsp3) is 0.182. The zero-order valence-electron chi connectivity index (χ0n) is 9.17. The molecule has 0 fully saturated rings. The zero-order valence-corrected chi connectivity index (χ0v) is 9.93. The molecule has 0 bridgehead atoms. The van der Waals surface area contributed by atoms with Gasteiger partial charge < -0.3 is 5.32 Å². The summed E-state index contributed by atoms with van der Waals surface area (Å²) in [5.41, 5.74) is 0. The molecule has 0 aliphatic rings. The number of rotatable bonds is 3. The van der Waals surface area contributed by atoms with Crippen LogP contribution in [0.25, 0.3) is 0 Å². The summed E-state index contributed by atoms with van der Waals surface area (Å²) in [5, 5.41) is 7.23. The van der Waals surface area contributed by atoms with Gasteiger partial charge in [-0.1, -0.05) is 11.6 Å². The Balaban J connectivity index is 2.04. The molecule has 0 saturated carbocycles. The number of amides is 1. The summed E-state index contributed by atoms with van der Waals surface area (Å²) in [6.07, 6.45) is 4.85. The maximum absolute atomic E-state index is 11.9. The van der Waals surface area contributed by atoms with Crippen molar-refractivity contribution in [2.24, 2.45) is 0 Å². The van der Waals surface area contributed by atoms with E-state index in [4.69, 9.17) is 11.6 Å². The molecular weight excluding hydrogens is 240 g/mol. The van der Waals surface area contributed by atoms with Crippen LogP contribution in [-0.2, 0) is 4.79 Å². The molecule has 0 unspecified atom stereocenters. The van der Waals surface area contributed by atoms with Gasteiger partial charge in [-0.15, -0.1) is 0 Å². The molecule has 1 atom stereocenters. The SMILES string of the molecule is C[C@H](C(=O)Nc1ccc(Cl)cn1)n1cccn1. The third kappa shape index (κ3) is 2.82. The van der Waals surface area contributed by atoms with Crippen molar-refractivity contribution in [2.45, 2.75) is 13.0 Å². The molecule has 0 aliphatic heterocycles. The van der Waals surface area contributed by atoms with Gasteiger partial charge in [-0.25, -0.2) is 4.98 Å². The largest absolute Gasteiger partial charge is 0.309 e. The number of nitrogens with one attached hydrogen (secondary N) is 1. The number of carbonyl (C=O) groups excluding carboxylic acids is 1. The highest BCUT2D eigenvalue weighted by atomic mass is 35.5. The molecule has 0 saturated heterocycles. The predicted molar refractivity (Wildman–Crippen MR) is 64.8 cm³/mol. The molecule has 0 radical (unpaired) electrons. The van der Waals surface area contributed by atoms with Crippen LogP contribution in [-0.4, -0.2) is 20.7 Å². The number of halogens is 1. The number of hydrogen-bond acceptors (Lipinski definition) is 3. The molecule has 1 amide bonds. The fourth-order valence-corrected chi connectivity index (χ4v) is 1.42. The minimum absolute atomic E-state index is 0.177. The maximum atomic E-state index is 11.9. The summed E-state index contributed by atoms with van der Waals surface area (Å²) in [5.74, 6) is 0.293. The first-order valence-corrected chi connectivity index (χ1v) is 5.46. The minimum atomic E-state index is -0.387. The Bertz CT molecular complexity index is 495. The molecule has 6 heteroatoms. The van der Waals surface area contributed by atoms with E-state index in [1.165, 1.54) is 6.20 Å². The van der Waals surface area contributed by atoms with E-state index in [9.17, 15) is 4.79 Å². The summed E-state index contributed by atoms with van der Waals surface area (Å²) in [6, 6.07) is 4.70. The Kier molecular flexibility index (Phi) is 3.39. The van der Waals surface area contributed by atoms with E-state index < -0.39 is 0 Å². The van der Waals surface area contributed by atoms with Crippen LogP contribution >= 0.6 is 11.6 Å². The number of nitrogens with zero attached hydrogens (tertiary/aromatic N) is 3. The van der Waals surface area contributed by atoms with Gasteiger partial charge >= 0.3 is 0 Å². The second kappa shape index (κ2) is 4.97. The highest BCUT2D eigenvalue weighted by Gasteiger charge is 2.15. The Hall–Kier alpha value is -1.88. The first kappa shape index (κ1) is 11.6. The Morgan fingerprint density at radius 1 is 1.53 bits per heavy atom. The van der Waals surface area contributed by atoms with E-state index in [1.54, 1.807) is 42.2 Å². The van der Waals surface area contributed by atoms with Gasteiger partial charge in [0.2, 0.25) is 5.91 Å². The van der Waals surface area contributed by atoms with Crippen molar-refractivity contribution in [1.82, 2.24) is 14.8 Å². The fourth-order valence-electron chi connectivity index (χ4n) is 1.31.